The number of nitrogens with one attached hydrogen (secondary N) is 1. The molecular formula is C21H23N3O4. The van der Waals surface area contributed by atoms with E-state index in [1.807, 2.05) is 36.4 Å². The van der Waals surface area contributed by atoms with Crippen LogP contribution in [0.2, 0.25) is 0 Å². The maximum absolute atomic E-state index is 12.6. The number of methoxy groups -OCH3 is 1. The van der Waals surface area contributed by atoms with Gasteiger partial charge in [-0.2, -0.15) is 5.10 Å². The third-order valence-corrected chi connectivity index (χ3v) is 4.31. The van der Waals surface area contributed by atoms with E-state index in [-0.39, 0.29) is 18.0 Å². The molecule has 0 bridgehead atoms. The molecule has 1 heterocycles. The van der Waals surface area contributed by atoms with Crippen LogP contribution in [0.15, 0.2) is 59.4 Å². The first-order valence-corrected chi connectivity index (χ1v) is 9.07. The van der Waals surface area contributed by atoms with Gasteiger partial charge >= 0.3 is 0 Å². The van der Waals surface area contributed by atoms with Gasteiger partial charge in [-0.05, 0) is 25.1 Å². The van der Waals surface area contributed by atoms with Crippen LogP contribution in [0.3, 0.4) is 0 Å². The zero-order valence-electron chi connectivity index (χ0n) is 15.9. The van der Waals surface area contributed by atoms with Crippen molar-refractivity contribution in [2.75, 3.05) is 13.7 Å². The second-order valence-corrected chi connectivity index (χ2v) is 6.30. The quantitative estimate of drug-likeness (QED) is 0.646. The summed E-state index contributed by atoms with van der Waals surface area (Å²) in [5, 5.41) is 8.54. The maximum Gasteiger partial charge on any atom is 0.274 e. The van der Waals surface area contributed by atoms with Gasteiger partial charge in [-0.25, -0.2) is 4.68 Å². The zero-order valence-corrected chi connectivity index (χ0v) is 15.9. The summed E-state index contributed by atoms with van der Waals surface area (Å²) < 4.78 is 12.1. The van der Waals surface area contributed by atoms with E-state index in [0.717, 1.165) is 5.39 Å². The Hall–Kier alpha value is -3.19. The molecule has 1 N–H and O–H groups in total. The Morgan fingerprint density at radius 2 is 1.79 bits per heavy atom. The van der Waals surface area contributed by atoms with E-state index in [1.54, 1.807) is 32.2 Å². The first kappa shape index (κ1) is 19.6. The molecule has 1 atom stereocenters. The van der Waals surface area contributed by atoms with Gasteiger partial charge < -0.3 is 14.8 Å². The van der Waals surface area contributed by atoms with Crippen molar-refractivity contribution < 1.29 is 14.3 Å². The molecule has 7 heteroatoms. The molecule has 0 radical (unpaired) electrons. The van der Waals surface area contributed by atoms with Crippen LogP contribution in [0.5, 0.6) is 5.75 Å². The Morgan fingerprint density at radius 3 is 2.50 bits per heavy atom. The van der Waals surface area contributed by atoms with Crippen molar-refractivity contribution in [3.63, 3.8) is 0 Å². The van der Waals surface area contributed by atoms with Crippen molar-refractivity contribution in [3.05, 3.63) is 70.6 Å². The molecule has 7 nitrogen and oxygen atoms in total. The minimum Gasteiger partial charge on any atom is -0.481 e. The molecule has 0 saturated carbocycles. The summed E-state index contributed by atoms with van der Waals surface area (Å²) in [7, 11) is 1.57. The van der Waals surface area contributed by atoms with Crippen LogP contribution in [-0.2, 0) is 22.6 Å². The van der Waals surface area contributed by atoms with Gasteiger partial charge in [0.1, 0.15) is 5.75 Å². The average molecular weight is 381 g/mol. The number of fused-ring (bicyclic) bond motifs is 1. The molecule has 3 aromatic rings. The zero-order chi connectivity index (χ0) is 19.9. The summed E-state index contributed by atoms with van der Waals surface area (Å²) in [6, 6.07) is 16.4. The molecular weight excluding hydrogens is 358 g/mol. The van der Waals surface area contributed by atoms with Crippen molar-refractivity contribution in [3.8, 4) is 5.75 Å². The van der Waals surface area contributed by atoms with Gasteiger partial charge in [0.2, 0.25) is 0 Å². The van der Waals surface area contributed by atoms with E-state index >= 15 is 0 Å². The fraction of sp³-hybridized carbons (Fsp3) is 0.286. The van der Waals surface area contributed by atoms with E-state index in [1.165, 1.54) is 4.68 Å². The maximum atomic E-state index is 12.6. The summed E-state index contributed by atoms with van der Waals surface area (Å²) >= 11 is 0. The van der Waals surface area contributed by atoms with E-state index < -0.39 is 6.10 Å². The Morgan fingerprint density at radius 1 is 1.11 bits per heavy atom. The topological polar surface area (TPSA) is 82.4 Å². The van der Waals surface area contributed by atoms with Gasteiger partial charge in [-0.1, -0.05) is 36.4 Å². The first-order valence-electron chi connectivity index (χ1n) is 9.07. The van der Waals surface area contributed by atoms with Crippen LogP contribution in [0.25, 0.3) is 10.8 Å². The van der Waals surface area contributed by atoms with Crippen LogP contribution >= 0.6 is 0 Å². The second kappa shape index (κ2) is 9.14. The number of nitrogens with zero attached hydrogens (tertiary/aromatic N) is 2. The number of aromatic nitrogens is 2. The van der Waals surface area contributed by atoms with Crippen molar-refractivity contribution in [2.24, 2.45) is 0 Å². The van der Waals surface area contributed by atoms with Crippen LogP contribution in [-0.4, -0.2) is 35.5 Å². The summed E-state index contributed by atoms with van der Waals surface area (Å²) in [4.78, 5) is 25.0. The Balaban J connectivity index is 1.76. The molecule has 1 amide bonds. The molecule has 0 aliphatic carbocycles. The highest BCUT2D eigenvalue weighted by atomic mass is 16.5. The highest BCUT2D eigenvalue weighted by molar-refractivity contribution is 5.85. The summed E-state index contributed by atoms with van der Waals surface area (Å²) in [6.07, 6.45) is -0.659. The molecule has 0 saturated heterocycles. The summed E-state index contributed by atoms with van der Waals surface area (Å²) in [6.45, 7) is 2.59. The molecule has 146 valence electrons. The average Bonchev–Trinajstić information content (AvgIpc) is 2.73. The molecule has 0 spiro atoms. The standard InChI is InChI=1S/C21H23N3O4/c1-15(28-16-8-4-3-5-9-16)20(25)22-14-19-17-10-6-7-11-18(17)21(26)24(23-19)12-13-27-2/h3-11,15H,12-14H2,1-2H3,(H,22,25). The number of ether oxygens (including phenoxy) is 2. The number of para-hydroxylation sites is 1. The minimum atomic E-state index is -0.659. The highest BCUT2D eigenvalue weighted by Crippen LogP contribution is 2.14. The predicted molar refractivity (Wildman–Crippen MR) is 106 cm³/mol. The van der Waals surface area contributed by atoms with Crippen molar-refractivity contribution in [1.82, 2.24) is 15.1 Å². The van der Waals surface area contributed by atoms with Crippen LogP contribution in [0, 0.1) is 0 Å². The SMILES string of the molecule is COCCn1nc(CNC(=O)C(C)Oc2ccccc2)c2ccccc2c1=O. The van der Waals surface area contributed by atoms with Gasteiger partial charge in [0, 0.05) is 12.5 Å². The number of hydrogen-bond acceptors (Lipinski definition) is 5. The second-order valence-electron chi connectivity index (χ2n) is 6.30. The third-order valence-electron chi connectivity index (χ3n) is 4.31. The number of carbonyl (C=O) groups is 1. The highest BCUT2D eigenvalue weighted by Gasteiger charge is 2.16. The predicted octanol–water partition coefficient (Wildman–Crippen LogP) is 2.13. The van der Waals surface area contributed by atoms with Gasteiger partial charge in [0.05, 0.1) is 30.8 Å². The molecule has 1 unspecified atom stereocenters. The Bertz CT molecular complexity index is 1000. The number of hydrogen-bond donors (Lipinski definition) is 1. The number of benzene rings is 2. The van der Waals surface area contributed by atoms with Crippen molar-refractivity contribution in [1.29, 1.82) is 0 Å². The minimum absolute atomic E-state index is 0.177. The Kier molecular flexibility index (Phi) is 6.39. The normalized spacial score (nSPS) is 11.9. The fourth-order valence-corrected chi connectivity index (χ4v) is 2.84. The lowest BCUT2D eigenvalue weighted by atomic mass is 10.1. The molecule has 1 aromatic heterocycles. The molecule has 2 aromatic carbocycles. The van der Waals surface area contributed by atoms with Crippen molar-refractivity contribution in [2.45, 2.75) is 26.1 Å². The smallest absolute Gasteiger partial charge is 0.274 e. The van der Waals surface area contributed by atoms with Crippen molar-refractivity contribution >= 4 is 16.7 Å². The van der Waals surface area contributed by atoms with E-state index in [0.29, 0.717) is 30.0 Å². The molecule has 0 aliphatic heterocycles. The van der Waals surface area contributed by atoms with Gasteiger partial charge in [0.15, 0.2) is 6.10 Å². The summed E-state index contributed by atoms with van der Waals surface area (Å²) in [5.41, 5.74) is 0.440. The molecule has 3 rings (SSSR count). The number of rotatable bonds is 8. The lowest BCUT2D eigenvalue weighted by Crippen LogP contribution is -2.37. The van der Waals surface area contributed by atoms with E-state index in [4.69, 9.17) is 9.47 Å². The number of carbonyl (C=O) groups excluding carboxylic acids is 1. The molecule has 28 heavy (non-hydrogen) atoms. The lowest BCUT2D eigenvalue weighted by Gasteiger charge is -2.15. The van der Waals surface area contributed by atoms with Gasteiger partial charge in [0.25, 0.3) is 11.5 Å². The van der Waals surface area contributed by atoms with E-state index in [2.05, 4.69) is 10.4 Å². The monoisotopic (exact) mass is 381 g/mol. The van der Waals surface area contributed by atoms with E-state index in [9.17, 15) is 9.59 Å². The largest absolute Gasteiger partial charge is 0.481 e. The Labute approximate surface area is 162 Å². The van der Waals surface area contributed by atoms with Crippen LogP contribution in [0.1, 0.15) is 12.6 Å². The molecule has 0 aliphatic rings. The molecule has 0 fully saturated rings. The fourth-order valence-electron chi connectivity index (χ4n) is 2.84. The van der Waals surface area contributed by atoms with Crippen LogP contribution < -0.4 is 15.6 Å². The lowest BCUT2D eigenvalue weighted by molar-refractivity contribution is -0.127. The third kappa shape index (κ3) is 4.55. The first-order chi connectivity index (χ1) is 13.6. The number of amides is 1. The van der Waals surface area contributed by atoms with Crippen LogP contribution in [0.4, 0.5) is 0 Å². The van der Waals surface area contributed by atoms with Gasteiger partial charge in [-0.15, -0.1) is 0 Å². The van der Waals surface area contributed by atoms with Gasteiger partial charge in [-0.3, -0.25) is 9.59 Å². The summed E-state index contributed by atoms with van der Waals surface area (Å²) in [5.74, 6) is 0.367.